The lowest BCUT2D eigenvalue weighted by molar-refractivity contribution is 0.101. The first kappa shape index (κ1) is 20.6. The van der Waals surface area contributed by atoms with Crippen LogP contribution in [-0.4, -0.2) is 5.78 Å². The smallest absolute Gasteiger partial charge is 0.162 e. The molecule has 0 radical (unpaired) electrons. The molecule has 150 valence electrons. The minimum atomic E-state index is -0.344. The summed E-state index contributed by atoms with van der Waals surface area (Å²) in [6.45, 7) is 3.72. The number of rotatable bonds is 7. The second kappa shape index (κ2) is 9.85. The summed E-state index contributed by atoms with van der Waals surface area (Å²) in [5.41, 5.74) is 1.32. The molecule has 0 N–H and O–H groups in total. The normalized spacial score (nSPS) is 28.9. The van der Waals surface area contributed by atoms with Crippen LogP contribution in [0.5, 0.6) is 0 Å². The summed E-state index contributed by atoms with van der Waals surface area (Å²) in [5.74, 6) is 2.76. The average Bonchev–Trinajstić information content (AvgIpc) is 2.68. The van der Waals surface area contributed by atoms with E-state index in [4.69, 9.17) is 0 Å². The van der Waals surface area contributed by atoms with Crippen LogP contribution in [0.4, 0.5) is 4.39 Å². The first-order chi connectivity index (χ1) is 13.1. The molecule has 1 aromatic carbocycles. The summed E-state index contributed by atoms with van der Waals surface area (Å²) in [6.07, 6.45) is 16.3. The molecule has 0 spiro atoms. The number of Topliss-reactive ketones (excluding diaryl/α,β-unsaturated/α-hetero) is 1. The average molecular weight is 373 g/mol. The number of hydrogen-bond acceptors (Lipinski definition) is 1. The van der Waals surface area contributed by atoms with Crippen molar-refractivity contribution in [1.29, 1.82) is 0 Å². The summed E-state index contributed by atoms with van der Waals surface area (Å²) in [6, 6.07) is 5.27. The van der Waals surface area contributed by atoms with Gasteiger partial charge >= 0.3 is 0 Å². The standard InChI is InChI=1S/C25H37FO/c1-3-4-5-6-19-7-9-20(10-8-19)21-11-13-22(14-12-21)23-15-16-24(18(2)27)25(26)17-23/h15-17,19-22H,3-14H2,1-2H3. The molecule has 0 heterocycles. The largest absolute Gasteiger partial charge is 0.294 e. The molecular formula is C25H37FO. The molecule has 1 aromatic rings. The Morgan fingerprint density at radius 2 is 1.59 bits per heavy atom. The molecule has 2 aliphatic rings. The Labute approximate surface area is 165 Å². The first-order valence-electron chi connectivity index (χ1n) is 11.4. The Kier molecular flexibility index (Phi) is 7.49. The molecule has 0 unspecified atom stereocenters. The molecule has 0 atom stereocenters. The molecular weight excluding hydrogens is 335 g/mol. The summed E-state index contributed by atoms with van der Waals surface area (Å²) in [7, 11) is 0. The summed E-state index contributed by atoms with van der Waals surface area (Å²) in [4.78, 5) is 11.4. The zero-order valence-electron chi connectivity index (χ0n) is 17.3. The van der Waals surface area contributed by atoms with Gasteiger partial charge in [0.15, 0.2) is 5.78 Å². The van der Waals surface area contributed by atoms with Crippen molar-refractivity contribution in [2.75, 3.05) is 0 Å². The highest BCUT2D eigenvalue weighted by Gasteiger charge is 2.31. The molecule has 1 nitrogen and oxygen atoms in total. The lowest BCUT2D eigenvalue weighted by Crippen LogP contribution is -2.25. The van der Waals surface area contributed by atoms with Gasteiger partial charge in [-0.2, -0.15) is 0 Å². The second-order valence-corrected chi connectivity index (χ2v) is 9.18. The molecule has 2 heteroatoms. The van der Waals surface area contributed by atoms with Crippen LogP contribution in [0.3, 0.4) is 0 Å². The van der Waals surface area contributed by atoms with E-state index in [1.807, 2.05) is 6.07 Å². The maximum absolute atomic E-state index is 14.2. The number of hydrogen-bond donors (Lipinski definition) is 0. The molecule has 27 heavy (non-hydrogen) atoms. The molecule has 3 rings (SSSR count). The zero-order chi connectivity index (χ0) is 19.2. The molecule has 0 aromatic heterocycles. The van der Waals surface area contributed by atoms with Gasteiger partial charge in [-0.15, -0.1) is 0 Å². The number of halogens is 1. The maximum Gasteiger partial charge on any atom is 0.162 e. The van der Waals surface area contributed by atoms with E-state index in [9.17, 15) is 9.18 Å². The number of carbonyl (C=O) groups is 1. The van der Waals surface area contributed by atoms with Crippen molar-refractivity contribution in [2.24, 2.45) is 17.8 Å². The zero-order valence-corrected chi connectivity index (χ0v) is 17.3. The highest BCUT2D eigenvalue weighted by atomic mass is 19.1. The van der Waals surface area contributed by atoms with Gasteiger partial charge in [0, 0.05) is 0 Å². The van der Waals surface area contributed by atoms with Crippen LogP contribution < -0.4 is 0 Å². The van der Waals surface area contributed by atoms with E-state index in [1.165, 1.54) is 84.0 Å². The van der Waals surface area contributed by atoms with E-state index in [1.54, 1.807) is 12.1 Å². The van der Waals surface area contributed by atoms with Crippen molar-refractivity contribution in [3.8, 4) is 0 Å². The Hall–Kier alpha value is -1.18. The molecule has 0 aliphatic heterocycles. The number of carbonyl (C=O) groups excluding carboxylic acids is 1. The Balaban J connectivity index is 1.46. The number of unbranched alkanes of at least 4 members (excludes halogenated alkanes) is 2. The predicted molar refractivity (Wildman–Crippen MR) is 111 cm³/mol. The van der Waals surface area contributed by atoms with E-state index in [-0.39, 0.29) is 17.2 Å². The van der Waals surface area contributed by atoms with Crippen LogP contribution in [0.2, 0.25) is 0 Å². The van der Waals surface area contributed by atoms with Crippen molar-refractivity contribution in [3.63, 3.8) is 0 Å². The van der Waals surface area contributed by atoms with Gasteiger partial charge in [0.05, 0.1) is 5.56 Å². The van der Waals surface area contributed by atoms with Crippen LogP contribution in [0.15, 0.2) is 18.2 Å². The van der Waals surface area contributed by atoms with Crippen molar-refractivity contribution in [3.05, 3.63) is 35.1 Å². The predicted octanol–water partition coefficient (Wildman–Crippen LogP) is 7.69. The van der Waals surface area contributed by atoms with Gasteiger partial charge in [0.2, 0.25) is 0 Å². The van der Waals surface area contributed by atoms with Crippen molar-refractivity contribution >= 4 is 5.78 Å². The maximum atomic E-state index is 14.2. The highest BCUT2D eigenvalue weighted by molar-refractivity contribution is 5.94. The van der Waals surface area contributed by atoms with E-state index < -0.39 is 0 Å². The molecule has 0 amide bonds. The fraction of sp³-hybridized carbons (Fsp3) is 0.720. The van der Waals surface area contributed by atoms with Gasteiger partial charge in [0.25, 0.3) is 0 Å². The van der Waals surface area contributed by atoms with Crippen molar-refractivity contribution in [2.45, 2.75) is 96.8 Å². The number of benzene rings is 1. The minimum absolute atomic E-state index is 0.187. The van der Waals surface area contributed by atoms with Gasteiger partial charge in [-0.25, -0.2) is 4.39 Å². The SMILES string of the molecule is CCCCCC1CCC(C2CCC(c3ccc(C(C)=O)c(F)c3)CC2)CC1. The van der Waals surface area contributed by atoms with Crippen molar-refractivity contribution in [1.82, 2.24) is 0 Å². The van der Waals surface area contributed by atoms with Crippen molar-refractivity contribution < 1.29 is 9.18 Å². The van der Waals surface area contributed by atoms with Gasteiger partial charge in [0.1, 0.15) is 5.82 Å². The monoisotopic (exact) mass is 372 g/mol. The summed E-state index contributed by atoms with van der Waals surface area (Å²) >= 11 is 0. The van der Waals surface area contributed by atoms with E-state index in [0.717, 1.165) is 23.3 Å². The fourth-order valence-electron chi connectivity index (χ4n) is 5.63. The molecule has 2 aliphatic carbocycles. The summed E-state index contributed by atoms with van der Waals surface area (Å²) < 4.78 is 14.2. The molecule has 0 saturated heterocycles. The Bertz CT molecular complexity index is 607. The molecule has 2 fully saturated rings. The van der Waals surface area contributed by atoms with Gasteiger partial charge in [-0.1, -0.05) is 51.5 Å². The second-order valence-electron chi connectivity index (χ2n) is 9.18. The molecule has 2 saturated carbocycles. The third kappa shape index (κ3) is 5.42. The van der Waals surface area contributed by atoms with Gasteiger partial charge in [-0.3, -0.25) is 4.79 Å². The Morgan fingerprint density at radius 1 is 0.963 bits per heavy atom. The van der Waals surface area contributed by atoms with Crippen LogP contribution in [0, 0.1) is 23.6 Å². The van der Waals surface area contributed by atoms with Crippen LogP contribution in [-0.2, 0) is 0 Å². The number of ketones is 1. The van der Waals surface area contributed by atoms with E-state index >= 15 is 0 Å². The third-order valence-corrected chi connectivity index (χ3v) is 7.39. The highest BCUT2D eigenvalue weighted by Crippen LogP contribution is 2.44. The first-order valence-corrected chi connectivity index (χ1v) is 11.4. The molecule has 0 bridgehead atoms. The van der Waals surface area contributed by atoms with E-state index in [0.29, 0.717) is 5.92 Å². The van der Waals surface area contributed by atoms with Crippen LogP contribution in [0.25, 0.3) is 0 Å². The fourth-order valence-corrected chi connectivity index (χ4v) is 5.63. The Morgan fingerprint density at radius 3 is 2.15 bits per heavy atom. The lowest BCUT2D eigenvalue weighted by Gasteiger charge is -2.38. The quantitative estimate of drug-likeness (QED) is 0.354. The lowest BCUT2D eigenvalue weighted by atomic mass is 9.68. The van der Waals surface area contributed by atoms with Crippen LogP contribution >= 0.6 is 0 Å². The third-order valence-electron chi connectivity index (χ3n) is 7.39. The van der Waals surface area contributed by atoms with E-state index in [2.05, 4.69) is 6.92 Å². The minimum Gasteiger partial charge on any atom is -0.294 e. The summed E-state index contributed by atoms with van der Waals surface area (Å²) in [5, 5.41) is 0. The van der Waals surface area contributed by atoms with Crippen LogP contribution in [0.1, 0.15) is 113 Å². The van der Waals surface area contributed by atoms with Gasteiger partial charge < -0.3 is 0 Å². The topological polar surface area (TPSA) is 17.1 Å². The van der Waals surface area contributed by atoms with Gasteiger partial charge in [-0.05, 0) is 86.8 Å².